The maximum absolute atomic E-state index is 16.2. The van der Waals surface area contributed by atoms with Crippen LogP contribution in [0.4, 0.5) is 34.8 Å². The number of ether oxygens (including phenoxy) is 1. The van der Waals surface area contributed by atoms with Gasteiger partial charge in [0.15, 0.2) is 11.3 Å². The van der Waals surface area contributed by atoms with Crippen LogP contribution in [0.25, 0.3) is 16.7 Å². The number of carbonyl (C=O) groups excluding carboxylic acids is 3. The number of halogens is 4. The maximum Gasteiger partial charge on any atom is 0.329 e. The number of nitrogens with one attached hydrogen (secondary N) is 2. The van der Waals surface area contributed by atoms with Crippen molar-refractivity contribution in [1.29, 1.82) is 0 Å². The van der Waals surface area contributed by atoms with Crippen LogP contribution in [0.3, 0.4) is 0 Å². The minimum atomic E-state index is -3.11. The lowest BCUT2D eigenvalue weighted by atomic mass is 9.85. The van der Waals surface area contributed by atoms with Crippen LogP contribution in [0, 0.1) is 5.92 Å². The number of nitrogens with zero attached hydrogens (tertiary/aromatic N) is 10. The molecule has 63 heavy (non-hydrogen) atoms. The summed E-state index contributed by atoms with van der Waals surface area (Å²) in [6.45, 7) is 1.48. The molecule has 4 atom stereocenters. The van der Waals surface area contributed by atoms with Crippen molar-refractivity contribution >= 4 is 51.6 Å². The van der Waals surface area contributed by atoms with Gasteiger partial charge in [-0.2, -0.15) is 10.2 Å². The number of aryl methyl sites for hydroxylation is 1. The molecule has 334 valence electrons. The molecule has 2 bridgehead atoms. The Kier molecular flexibility index (Phi) is 10.3. The zero-order valence-corrected chi connectivity index (χ0v) is 34.8. The Hall–Kier alpha value is -5.83. The highest BCUT2D eigenvalue weighted by atomic mass is 19.3. The van der Waals surface area contributed by atoms with Gasteiger partial charge >= 0.3 is 5.69 Å². The fourth-order valence-electron chi connectivity index (χ4n) is 10.6. The molecule has 10 rings (SSSR count). The summed E-state index contributed by atoms with van der Waals surface area (Å²) in [4.78, 5) is 61.7. The highest BCUT2D eigenvalue weighted by molar-refractivity contribution is 6.08. The molecule has 8 heterocycles. The van der Waals surface area contributed by atoms with Crippen molar-refractivity contribution in [3.05, 3.63) is 64.6 Å². The summed E-state index contributed by atoms with van der Waals surface area (Å²) in [5.41, 5.74) is 0.678. The maximum atomic E-state index is 16.2. The summed E-state index contributed by atoms with van der Waals surface area (Å²) < 4.78 is 72.4. The quantitative estimate of drug-likeness (QED) is 0.152. The molecule has 17 nitrogen and oxygen atoms in total. The number of anilines is 3. The third-order valence-corrected chi connectivity index (χ3v) is 13.8. The molecule has 1 saturated carbocycles. The number of piperidine rings is 2. The molecule has 5 aliphatic rings. The average Bonchev–Trinajstić information content (AvgIpc) is 4.11. The van der Waals surface area contributed by atoms with Crippen LogP contribution in [-0.2, 0) is 21.4 Å². The van der Waals surface area contributed by atoms with Gasteiger partial charge in [-0.15, -0.1) is 0 Å². The zero-order valence-electron chi connectivity index (χ0n) is 34.8. The van der Waals surface area contributed by atoms with E-state index in [0.29, 0.717) is 80.1 Å². The van der Waals surface area contributed by atoms with Crippen molar-refractivity contribution in [1.82, 2.24) is 43.7 Å². The number of rotatable bonds is 10. The minimum Gasteiger partial charge on any atom is -0.374 e. The lowest BCUT2D eigenvalue weighted by molar-refractivity contribution is -0.135. The Morgan fingerprint density at radius 2 is 1.89 bits per heavy atom. The van der Waals surface area contributed by atoms with Crippen LogP contribution < -0.4 is 26.1 Å². The lowest BCUT2D eigenvalue weighted by Gasteiger charge is -2.44. The van der Waals surface area contributed by atoms with Crippen molar-refractivity contribution in [3.63, 3.8) is 0 Å². The van der Waals surface area contributed by atoms with Gasteiger partial charge in [-0.05, 0) is 76.1 Å². The molecule has 1 aliphatic carbocycles. The molecule has 5 fully saturated rings. The molecule has 21 heteroatoms. The number of morpholine rings is 1. The Balaban J connectivity index is 0.772. The molecule has 0 radical (unpaired) electrons. The molecule has 4 aromatic heterocycles. The predicted molar refractivity (Wildman–Crippen MR) is 221 cm³/mol. The second kappa shape index (κ2) is 15.8. The highest BCUT2D eigenvalue weighted by Gasteiger charge is 2.48. The van der Waals surface area contributed by atoms with Crippen LogP contribution in [-0.4, -0.2) is 120 Å². The van der Waals surface area contributed by atoms with Gasteiger partial charge in [0.25, 0.3) is 18.3 Å². The Bertz CT molecular complexity index is 2670. The molecular formula is C42H48F4N12O5. The Labute approximate surface area is 357 Å². The largest absolute Gasteiger partial charge is 0.374 e. The number of amides is 3. The monoisotopic (exact) mass is 876 g/mol. The van der Waals surface area contributed by atoms with E-state index in [1.54, 1.807) is 48.3 Å². The predicted octanol–water partition coefficient (Wildman–Crippen LogP) is 4.30. The molecule has 0 spiro atoms. The van der Waals surface area contributed by atoms with Crippen LogP contribution in [0.1, 0.15) is 85.9 Å². The number of hydrogen-bond acceptors (Lipinski definition) is 11. The van der Waals surface area contributed by atoms with Gasteiger partial charge in [0.1, 0.15) is 17.4 Å². The minimum absolute atomic E-state index is 0.0878. The first-order valence-corrected chi connectivity index (χ1v) is 21.5. The smallest absolute Gasteiger partial charge is 0.329 e. The van der Waals surface area contributed by atoms with Gasteiger partial charge in [-0.1, -0.05) is 6.07 Å². The lowest BCUT2D eigenvalue weighted by Crippen LogP contribution is -2.58. The number of benzene rings is 1. The summed E-state index contributed by atoms with van der Waals surface area (Å²) in [7, 11) is 3.27. The molecule has 4 aliphatic heterocycles. The molecule has 4 saturated heterocycles. The first kappa shape index (κ1) is 41.2. The number of hydrogen-bond donors (Lipinski definition) is 2. The first-order chi connectivity index (χ1) is 30.2. The number of imide groups is 1. The number of fused-ring (bicyclic) bond motifs is 4. The Morgan fingerprint density at radius 3 is 2.60 bits per heavy atom. The van der Waals surface area contributed by atoms with E-state index >= 15 is 8.78 Å². The third-order valence-electron chi connectivity index (χ3n) is 13.8. The summed E-state index contributed by atoms with van der Waals surface area (Å²) >= 11 is 0. The van der Waals surface area contributed by atoms with Crippen molar-refractivity contribution < 1.29 is 36.7 Å². The summed E-state index contributed by atoms with van der Waals surface area (Å²) in [5.74, 6) is -3.93. The van der Waals surface area contributed by atoms with Gasteiger partial charge in [-0.25, -0.2) is 31.9 Å². The summed E-state index contributed by atoms with van der Waals surface area (Å²) in [5, 5.41) is 13.4. The van der Waals surface area contributed by atoms with E-state index in [1.165, 1.54) is 30.7 Å². The molecule has 2 unspecified atom stereocenters. The van der Waals surface area contributed by atoms with E-state index in [4.69, 9.17) is 9.72 Å². The zero-order chi connectivity index (χ0) is 43.9. The number of imidazole rings is 1. The van der Waals surface area contributed by atoms with E-state index in [0.717, 1.165) is 6.42 Å². The molecular weight excluding hydrogens is 829 g/mol. The van der Waals surface area contributed by atoms with Crippen molar-refractivity contribution in [2.45, 2.75) is 94.0 Å². The van der Waals surface area contributed by atoms with Crippen molar-refractivity contribution in [2.75, 3.05) is 55.0 Å². The topological polar surface area (TPSA) is 169 Å². The van der Waals surface area contributed by atoms with Crippen LogP contribution in [0.5, 0.6) is 0 Å². The van der Waals surface area contributed by atoms with Gasteiger partial charge in [0.05, 0.1) is 66.0 Å². The van der Waals surface area contributed by atoms with Crippen LogP contribution in [0.2, 0.25) is 0 Å². The number of para-hydroxylation sites is 1. The number of carbonyl (C=O) groups is 3. The van der Waals surface area contributed by atoms with Crippen molar-refractivity contribution in [2.24, 2.45) is 13.0 Å². The average molecular weight is 877 g/mol. The SMILES string of the molecule is CN(C[C@H]1CC[C@H](n2cc(NC(=O)c3cnn4ccc(N5C[C@H]6C[C@@H]5CO6)nc34)c(C(F)F)n2)CC1)C1CCN(c2cccc3c2n(C)c(=O)n3C2CCC(=O)NC2=O)CC1(F)F. The molecule has 3 amide bonds. The fourth-order valence-corrected chi connectivity index (χ4v) is 10.6. The molecule has 5 aromatic rings. The Morgan fingerprint density at radius 1 is 1.08 bits per heavy atom. The number of aromatic nitrogens is 7. The summed E-state index contributed by atoms with van der Waals surface area (Å²) in [6.07, 6.45) is 5.59. The van der Waals surface area contributed by atoms with Gasteiger partial charge in [0, 0.05) is 45.5 Å². The first-order valence-electron chi connectivity index (χ1n) is 21.5. The third kappa shape index (κ3) is 7.31. The van der Waals surface area contributed by atoms with E-state index < -0.39 is 60.1 Å². The normalized spacial score (nSPS) is 26.2. The second-order valence-electron chi connectivity index (χ2n) is 17.7. The second-order valence-corrected chi connectivity index (χ2v) is 17.7. The van der Waals surface area contributed by atoms with Crippen LogP contribution >= 0.6 is 0 Å². The van der Waals surface area contributed by atoms with Crippen LogP contribution in [0.15, 0.2) is 47.7 Å². The number of alkyl halides is 4. The fraction of sp³-hybridized carbons (Fsp3) is 0.548. The molecule has 1 aromatic carbocycles. The van der Waals surface area contributed by atoms with E-state index in [2.05, 4.69) is 25.7 Å². The summed E-state index contributed by atoms with van der Waals surface area (Å²) in [6, 6.07) is 4.97. The van der Waals surface area contributed by atoms with Crippen molar-refractivity contribution in [3.8, 4) is 0 Å². The van der Waals surface area contributed by atoms with Gasteiger partial charge < -0.3 is 19.9 Å². The van der Waals surface area contributed by atoms with E-state index in [9.17, 15) is 28.0 Å². The standard InChI is InChI=1S/C42H48F4N12O5/c1-52(32-12-14-54(22-42(32,45)46)29-4-3-5-30-36(29)53(2)41(62)58(30)31-10-11-34(59)50-40(31)61)18-23-6-8-24(9-7-23)57-20-28(35(51-57)37(43)44)48-39(60)27-17-47-56-15-13-33(49-38(27)56)55-19-26-16-25(55)21-63-26/h3-5,13,15,17,20,23-26,31-32,37H,6-12,14,16,18-19,21-22H2,1-2H3,(H,48,60)(H,50,59,61)/t23-,24-,25-,26-,31?,32?/m1/s1. The van der Waals surface area contributed by atoms with Gasteiger partial charge in [-0.3, -0.25) is 38.4 Å². The van der Waals surface area contributed by atoms with E-state index in [1.807, 2.05) is 6.07 Å². The van der Waals surface area contributed by atoms with Gasteiger partial charge in [0.2, 0.25) is 11.8 Å². The highest BCUT2D eigenvalue weighted by Crippen LogP contribution is 2.40. The molecule has 2 N–H and O–H groups in total. The van der Waals surface area contributed by atoms with E-state index in [-0.39, 0.29) is 54.6 Å².